The Hall–Kier alpha value is -2.61. The van der Waals surface area contributed by atoms with Gasteiger partial charge in [-0.05, 0) is 72.9 Å². The van der Waals surface area contributed by atoms with Crippen LogP contribution in [-0.4, -0.2) is 21.2 Å². The lowest BCUT2D eigenvalue weighted by molar-refractivity contribution is -0.113. The molecule has 0 bridgehead atoms. The van der Waals surface area contributed by atoms with E-state index in [2.05, 4.69) is 10.7 Å². The van der Waals surface area contributed by atoms with Crippen LogP contribution in [0, 0.1) is 13.8 Å². The quantitative estimate of drug-likeness (QED) is 0.251. The molecule has 1 aliphatic rings. The number of thioether (sulfide) groups is 1. The SMILES string of the molecule is Cc1cc(C)c(NC(=O)CSc2nc3scc(C4CC4)c3c(=O)n2-c2ccccc2)c(Cl)c1. The number of hydrogen-bond acceptors (Lipinski definition) is 5. The Morgan fingerprint density at radius 1 is 1.24 bits per heavy atom. The fourth-order valence-corrected chi connectivity index (χ4v) is 6.21. The monoisotopic (exact) mass is 495 g/mol. The lowest BCUT2D eigenvalue weighted by atomic mass is 10.1. The van der Waals surface area contributed by atoms with Gasteiger partial charge in [0.15, 0.2) is 5.16 Å². The lowest BCUT2D eigenvalue weighted by Gasteiger charge is -2.14. The van der Waals surface area contributed by atoms with Gasteiger partial charge in [-0.1, -0.05) is 47.6 Å². The number of halogens is 1. The number of nitrogens with one attached hydrogen (secondary N) is 1. The average molecular weight is 496 g/mol. The van der Waals surface area contributed by atoms with Crippen LogP contribution in [0.15, 0.2) is 57.8 Å². The highest BCUT2D eigenvalue weighted by atomic mass is 35.5. The van der Waals surface area contributed by atoms with E-state index in [1.807, 2.05) is 56.3 Å². The highest BCUT2D eigenvalue weighted by molar-refractivity contribution is 7.99. The summed E-state index contributed by atoms with van der Waals surface area (Å²) in [6, 6.07) is 13.3. The number of carbonyl (C=O) groups excluding carboxylic acids is 1. The highest BCUT2D eigenvalue weighted by Crippen LogP contribution is 2.44. The predicted molar refractivity (Wildman–Crippen MR) is 137 cm³/mol. The molecule has 0 saturated heterocycles. The summed E-state index contributed by atoms with van der Waals surface area (Å²) in [4.78, 5) is 31.9. The molecule has 0 radical (unpaired) electrons. The standard InChI is InChI=1S/C25H22ClN3O2S2/c1-14-10-15(2)22(19(26)11-14)27-20(30)13-33-25-28-23-21(18(12-32-23)16-8-9-16)24(31)29(25)17-6-4-3-5-7-17/h3-7,10-12,16H,8-9,13H2,1-2H3,(H,27,30). The smallest absolute Gasteiger partial charge is 0.267 e. The molecule has 33 heavy (non-hydrogen) atoms. The van der Waals surface area contributed by atoms with E-state index in [1.54, 1.807) is 4.57 Å². The van der Waals surface area contributed by atoms with Crippen molar-refractivity contribution >= 4 is 56.5 Å². The van der Waals surface area contributed by atoms with Crippen molar-refractivity contribution in [2.75, 3.05) is 11.1 Å². The molecule has 8 heteroatoms. The maximum Gasteiger partial charge on any atom is 0.267 e. The fraction of sp³-hybridized carbons (Fsp3) is 0.240. The first-order valence-electron chi connectivity index (χ1n) is 10.7. The molecule has 0 spiro atoms. The number of aromatic nitrogens is 2. The zero-order valence-corrected chi connectivity index (χ0v) is 20.6. The summed E-state index contributed by atoms with van der Waals surface area (Å²) in [5.41, 5.74) is 4.33. The molecular weight excluding hydrogens is 474 g/mol. The topological polar surface area (TPSA) is 64.0 Å². The summed E-state index contributed by atoms with van der Waals surface area (Å²) in [7, 11) is 0. The van der Waals surface area contributed by atoms with Crippen molar-refractivity contribution in [2.24, 2.45) is 0 Å². The molecule has 0 aliphatic heterocycles. The summed E-state index contributed by atoms with van der Waals surface area (Å²) in [6.07, 6.45) is 2.24. The average Bonchev–Trinajstić information content (AvgIpc) is 3.54. The molecule has 1 saturated carbocycles. The molecular formula is C25H22ClN3O2S2. The van der Waals surface area contributed by atoms with E-state index in [9.17, 15) is 9.59 Å². The maximum absolute atomic E-state index is 13.6. The van der Waals surface area contributed by atoms with Crippen molar-refractivity contribution in [3.8, 4) is 5.69 Å². The number of aryl methyl sites for hydroxylation is 2. The van der Waals surface area contributed by atoms with Gasteiger partial charge < -0.3 is 5.32 Å². The van der Waals surface area contributed by atoms with Crippen molar-refractivity contribution in [3.63, 3.8) is 0 Å². The Balaban J connectivity index is 1.48. The van der Waals surface area contributed by atoms with E-state index in [1.165, 1.54) is 23.1 Å². The van der Waals surface area contributed by atoms with Crippen LogP contribution in [-0.2, 0) is 4.79 Å². The summed E-state index contributed by atoms with van der Waals surface area (Å²) in [5, 5.41) is 6.70. The number of rotatable bonds is 6. The molecule has 0 unspecified atom stereocenters. The van der Waals surface area contributed by atoms with Crippen molar-refractivity contribution in [3.05, 3.63) is 79.9 Å². The minimum absolute atomic E-state index is 0.0744. The van der Waals surface area contributed by atoms with Crippen LogP contribution in [0.3, 0.4) is 0 Å². The minimum Gasteiger partial charge on any atom is -0.324 e. The molecule has 2 heterocycles. The lowest BCUT2D eigenvalue weighted by Crippen LogP contribution is -2.23. The van der Waals surface area contributed by atoms with Gasteiger partial charge in [0, 0.05) is 0 Å². The van der Waals surface area contributed by atoms with E-state index in [0.29, 0.717) is 27.2 Å². The largest absolute Gasteiger partial charge is 0.324 e. The van der Waals surface area contributed by atoms with Gasteiger partial charge in [-0.25, -0.2) is 4.98 Å². The van der Waals surface area contributed by atoms with Gasteiger partial charge in [0.25, 0.3) is 5.56 Å². The van der Waals surface area contributed by atoms with Crippen LogP contribution in [0.25, 0.3) is 15.9 Å². The molecule has 5 nitrogen and oxygen atoms in total. The predicted octanol–water partition coefficient (Wildman–Crippen LogP) is 6.33. The minimum atomic E-state index is -0.201. The number of fused-ring (bicyclic) bond motifs is 1. The first kappa shape index (κ1) is 22.2. The van der Waals surface area contributed by atoms with E-state index in [0.717, 1.165) is 40.0 Å². The molecule has 4 aromatic rings. The van der Waals surface area contributed by atoms with E-state index >= 15 is 0 Å². The number of para-hydroxylation sites is 1. The summed E-state index contributed by atoms with van der Waals surface area (Å²) >= 11 is 9.09. The van der Waals surface area contributed by atoms with Crippen molar-refractivity contribution in [2.45, 2.75) is 37.8 Å². The molecule has 168 valence electrons. The van der Waals surface area contributed by atoms with Crippen LogP contribution in [0.4, 0.5) is 5.69 Å². The van der Waals surface area contributed by atoms with E-state index < -0.39 is 0 Å². The third-order valence-electron chi connectivity index (χ3n) is 5.67. The van der Waals surface area contributed by atoms with Crippen LogP contribution < -0.4 is 10.9 Å². The van der Waals surface area contributed by atoms with Crippen molar-refractivity contribution < 1.29 is 4.79 Å². The Morgan fingerprint density at radius 2 is 2.00 bits per heavy atom. The Bertz CT molecular complexity index is 1400. The zero-order valence-electron chi connectivity index (χ0n) is 18.2. The van der Waals surface area contributed by atoms with E-state index in [4.69, 9.17) is 16.6 Å². The molecule has 1 fully saturated rings. The molecule has 2 aromatic carbocycles. The molecule has 0 atom stereocenters. The molecule has 2 aromatic heterocycles. The van der Waals surface area contributed by atoms with Crippen LogP contribution >= 0.6 is 34.7 Å². The van der Waals surface area contributed by atoms with Gasteiger partial charge in [-0.2, -0.15) is 0 Å². The number of hydrogen-bond donors (Lipinski definition) is 1. The van der Waals surface area contributed by atoms with Crippen LogP contribution in [0.5, 0.6) is 0 Å². The maximum atomic E-state index is 13.6. The summed E-state index contributed by atoms with van der Waals surface area (Å²) in [6.45, 7) is 3.88. The van der Waals surface area contributed by atoms with Gasteiger partial charge in [0.1, 0.15) is 4.83 Å². The highest BCUT2D eigenvalue weighted by Gasteiger charge is 2.29. The zero-order chi connectivity index (χ0) is 23.1. The molecule has 1 N–H and O–H groups in total. The third kappa shape index (κ3) is 4.45. The normalized spacial score (nSPS) is 13.4. The van der Waals surface area contributed by atoms with Gasteiger partial charge in [0.2, 0.25) is 5.91 Å². The van der Waals surface area contributed by atoms with E-state index in [-0.39, 0.29) is 17.2 Å². The summed E-state index contributed by atoms with van der Waals surface area (Å²) < 4.78 is 1.63. The number of thiophene rings is 1. The second-order valence-electron chi connectivity index (χ2n) is 8.29. The number of nitrogens with zero attached hydrogens (tertiary/aromatic N) is 2. The third-order valence-corrected chi connectivity index (χ3v) is 7.79. The first-order chi connectivity index (χ1) is 15.9. The summed E-state index contributed by atoms with van der Waals surface area (Å²) in [5.74, 6) is 0.367. The first-order valence-corrected chi connectivity index (χ1v) is 13.0. The van der Waals surface area contributed by atoms with Crippen molar-refractivity contribution in [1.29, 1.82) is 0 Å². The fourth-order valence-electron chi connectivity index (χ4n) is 3.97. The van der Waals surface area contributed by atoms with Gasteiger partial charge >= 0.3 is 0 Å². The van der Waals surface area contributed by atoms with Crippen LogP contribution in [0.2, 0.25) is 5.02 Å². The Labute approximate surface area is 204 Å². The van der Waals surface area contributed by atoms with Crippen molar-refractivity contribution in [1.82, 2.24) is 9.55 Å². The van der Waals surface area contributed by atoms with Crippen LogP contribution in [0.1, 0.15) is 35.4 Å². The number of benzene rings is 2. The molecule has 1 aliphatic carbocycles. The number of amides is 1. The molecule has 5 rings (SSSR count). The van der Waals surface area contributed by atoms with Gasteiger partial charge in [0.05, 0.1) is 27.5 Å². The Kier molecular flexibility index (Phi) is 6.03. The number of anilines is 1. The Morgan fingerprint density at radius 3 is 2.70 bits per heavy atom. The second-order valence-corrected chi connectivity index (χ2v) is 10.5. The molecule has 1 amide bonds. The van der Waals surface area contributed by atoms with Gasteiger partial charge in [-0.3, -0.25) is 14.2 Å². The number of carbonyl (C=O) groups is 1. The van der Waals surface area contributed by atoms with Gasteiger partial charge in [-0.15, -0.1) is 11.3 Å². The second kappa shape index (κ2) is 8.97.